The van der Waals surface area contributed by atoms with Crippen molar-refractivity contribution in [1.82, 2.24) is 0 Å². The third-order valence-electron chi connectivity index (χ3n) is 3.25. The minimum Gasteiger partial charge on any atom is -0.456 e. The third kappa shape index (κ3) is 3.08. The Morgan fingerprint density at radius 3 is 2.40 bits per heavy atom. The van der Waals surface area contributed by atoms with Crippen LogP contribution < -0.4 is 0 Å². The van der Waals surface area contributed by atoms with E-state index in [2.05, 4.69) is 13.5 Å². The molecule has 0 bridgehead atoms. The number of hydrogen-bond donors (Lipinski definition) is 0. The van der Waals surface area contributed by atoms with Gasteiger partial charge in [0, 0.05) is 5.57 Å². The largest absolute Gasteiger partial charge is 0.456 e. The van der Waals surface area contributed by atoms with Crippen molar-refractivity contribution in [2.24, 2.45) is 0 Å². The molecule has 0 atom stereocenters. The molecule has 0 N–H and O–H groups in total. The minimum absolute atomic E-state index is 0.163. The summed E-state index contributed by atoms with van der Waals surface area (Å²) in [4.78, 5) is 11.7. The number of carbonyl (C=O) groups excluding carboxylic acids is 1. The van der Waals surface area contributed by atoms with Gasteiger partial charge in [0.2, 0.25) is 0 Å². The Kier molecular flexibility index (Phi) is 4.37. The van der Waals surface area contributed by atoms with E-state index in [0.29, 0.717) is 12.0 Å². The molecule has 86 valence electrons. The van der Waals surface area contributed by atoms with Crippen molar-refractivity contribution in [3.05, 3.63) is 12.2 Å². The lowest BCUT2D eigenvalue weighted by atomic mass is 9.96. The van der Waals surface area contributed by atoms with Crippen LogP contribution in [0.5, 0.6) is 0 Å². The molecule has 1 aliphatic rings. The molecule has 0 saturated heterocycles. The number of hydrogen-bond acceptors (Lipinski definition) is 2. The first-order valence-corrected chi connectivity index (χ1v) is 6.04. The maximum Gasteiger partial charge on any atom is 0.333 e. The van der Waals surface area contributed by atoms with Crippen LogP contribution in [0.25, 0.3) is 0 Å². The van der Waals surface area contributed by atoms with E-state index in [0.717, 1.165) is 25.7 Å². The van der Waals surface area contributed by atoms with Crippen molar-refractivity contribution in [2.75, 3.05) is 0 Å². The van der Waals surface area contributed by atoms with Crippen molar-refractivity contribution in [2.45, 2.75) is 64.4 Å². The maximum atomic E-state index is 11.7. The van der Waals surface area contributed by atoms with Gasteiger partial charge in [-0.3, -0.25) is 0 Å². The van der Waals surface area contributed by atoms with E-state index >= 15 is 0 Å². The van der Waals surface area contributed by atoms with E-state index in [1.807, 2.05) is 6.92 Å². The fourth-order valence-corrected chi connectivity index (χ4v) is 2.29. The van der Waals surface area contributed by atoms with Gasteiger partial charge < -0.3 is 4.74 Å². The second-order valence-corrected chi connectivity index (χ2v) is 4.49. The molecule has 1 fully saturated rings. The zero-order valence-electron chi connectivity index (χ0n) is 9.97. The van der Waals surface area contributed by atoms with Crippen LogP contribution in [0.2, 0.25) is 0 Å². The molecule has 0 aliphatic heterocycles. The Morgan fingerprint density at radius 2 is 1.93 bits per heavy atom. The van der Waals surface area contributed by atoms with Gasteiger partial charge in [-0.15, -0.1) is 0 Å². The van der Waals surface area contributed by atoms with E-state index in [1.165, 1.54) is 12.8 Å². The second-order valence-electron chi connectivity index (χ2n) is 4.49. The lowest BCUT2D eigenvalue weighted by Crippen LogP contribution is -2.32. The van der Waals surface area contributed by atoms with Crippen LogP contribution in [0, 0.1) is 0 Å². The van der Waals surface area contributed by atoms with Crippen LogP contribution in [-0.4, -0.2) is 11.6 Å². The van der Waals surface area contributed by atoms with Crippen LogP contribution >= 0.6 is 0 Å². The van der Waals surface area contributed by atoms with Crippen molar-refractivity contribution in [1.29, 1.82) is 0 Å². The van der Waals surface area contributed by atoms with Crippen LogP contribution in [0.1, 0.15) is 58.8 Å². The summed E-state index contributed by atoms with van der Waals surface area (Å²) in [5.74, 6) is -0.187. The molecule has 15 heavy (non-hydrogen) atoms. The lowest BCUT2D eigenvalue weighted by Gasteiger charge is -2.29. The fraction of sp³-hybridized carbons (Fsp3) is 0.769. The summed E-state index contributed by atoms with van der Waals surface area (Å²) in [7, 11) is 0. The van der Waals surface area contributed by atoms with E-state index in [4.69, 9.17) is 4.74 Å². The maximum absolute atomic E-state index is 11.7. The van der Waals surface area contributed by atoms with Crippen LogP contribution in [0.15, 0.2) is 12.2 Å². The molecule has 0 unspecified atom stereocenters. The number of rotatable bonds is 5. The first-order chi connectivity index (χ1) is 7.13. The SMILES string of the molecule is C=C(CC)C(=O)OC1(CCC)CCCC1. The van der Waals surface area contributed by atoms with Gasteiger partial charge >= 0.3 is 5.97 Å². The Labute approximate surface area is 92.7 Å². The topological polar surface area (TPSA) is 26.3 Å². The normalized spacial score (nSPS) is 18.8. The van der Waals surface area contributed by atoms with Gasteiger partial charge in [-0.2, -0.15) is 0 Å². The number of carbonyl (C=O) groups is 1. The summed E-state index contributed by atoms with van der Waals surface area (Å²) in [6.45, 7) is 7.81. The second kappa shape index (κ2) is 5.34. The standard InChI is InChI=1S/C13H22O2/c1-4-8-13(9-6-7-10-13)15-12(14)11(3)5-2/h3-10H2,1-2H3. The van der Waals surface area contributed by atoms with Gasteiger partial charge in [-0.1, -0.05) is 26.8 Å². The Balaban J connectivity index is 2.58. The van der Waals surface area contributed by atoms with Crippen molar-refractivity contribution >= 4 is 5.97 Å². The summed E-state index contributed by atoms with van der Waals surface area (Å²) in [6.07, 6.45) is 7.19. The highest BCUT2D eigenvalue weighted by Gasteiger charge is 2.36. The Bertz CT molecular complexity index is 237. The number of esters is 1. The molecule has 0 spiro atoms. The molecule has 0 aromatic heterocycles. The number of ether oxygens (including phenoxy) is 1. The highest BCUT2D eigenvalue weighted by atomic mass is 16.6. The highest BCUT2D eigenvalue weighted by molar-refractivity contribution is 5.87. The molecule has 0 aromatic rings. The van der Waals surface area contributed by atoms with Gasteiger partial charge in [0.15, 0.2) is 0 Å². The van der Waals surface area contributed by atoms with Crippen molar-refractivity contribution in [3.8, 4) is 0 Å². The zero-order valence-corrected chi connectivity index (χ0v) is 9.97. The molecule has 2 heteroatoms. The van der Waals surface area contributed by atoms with Crippen LogP contribution in [-0.2, 0) is 9.53 Å². The summed E-state index contributed by atoms with van der Waals surface area (Å²) >= 11 is 0. The smallest absolute Gasteiger partial charge is 0.333 e. The monoisotopic (exact) mass is 210 g/mol. The quantitative estimate of drug-likeness (QED) is 0.512. The summed E-state index contributed by atoms with van der Waals surface area (Å²) in [6, 6.07) is 0. The fourth-order valence-electron chi connectivity index (χ4n) is 2.29. The Morgan fingerprint density at radius 1 is 1.33 bits per heavy atom. The average molecular weight is 210 g/mol. The molecular formula is C13H22O2. The average Bonchev–Trinajstić information content (AvgIpc) is 2.65. The molecule has 2 nitrogen and oxygen atoms in total. The molecular weight excluding hydrogens is 188 g/mol. The first kappa shape index (κ1) is 12.3. The van der Waals surface area contributed by atoms with E-state index in [1.54, 1.807) is 0 Å². The minimum atomic E-state index is -0.187. The van der Waals surface area contributed by atoms with E-state index in [-0.39, 0.29) is 11.6 Å². The predicted octanol–water partition coefficient (Wildman–Crippen LogP) is 3.61. The molecule has 1 aliphatic carbocycles. The highest BCUT2D eigenvalue weighted by Crippen LogP contribution is 2.37. The van der Waals surface area contributed by atoms with Crippen molar-refractivity contribution in [3.63, 3.8) is 0 Å². The zero-order chi connectivity index (χ0) is 11.3. The van der Waals surface area contributed by atoms with Crippen LogP contribution in [0.4, 0.5) is 0 Å². The Hall–Kier alpha value is -0.790. The molecule has 0 amide bonds. The van der Waals surface area contributed by atoms with Gasteiger partial charge in [-0.25, -0.2) is 4.79 Å². The summed E-state index contributed by atoms with van der Waals surface area (Å²) in [5, 5.41) is 0. The molecule has 0 radical (unpaired) electrons. The molecule has 1 saturated carbocycles. The predicted molar refractivity (Wildman–Crippen MR) is 61.6 cm³/mol. The third-order valence-corrected chi connectivity index (χ3v) is 3.25. The van der Waals surface area contributed by atoms with E-state index < -0.39 is 0 Å². The summed E-state index contributed by atoms with van der Waals surface area (Å²) in [5.41, 5.74) is 0.432. The lowest BCUT2D eigenvalue weighted by molar-refractivity contribution is -0.155. The molecule has 0 aromatic carbocycles. The van der Waals surface area contributed by atoms with Gasteiger partial charge in [-0.05, 0) is 38.5 Å². The molecule has 1 rings (SSSR count). The van der Waals surface area contributed by atoms with Gasteiger partial charge in [0.25, 0.3) is 0 Å². The van der Waals surface area contributed by atoms with Crippen molar-refractivity contribution < 1.29 is 9.53 Å². The molecule has 0 heterocycles. The van der Waals surface area contributed by atoms with Crippen LogP contribution in [0.3, 0.4) is 0 Å². The van der Waals surface area contributed by atoms with Gasteiger partial charge in [0.1, 0.15) is 5.60 Å². The first-order valence-electron chi connectivity index (χ1n) is 6.04. The summed E-state index contributed by atoms with van der Waals surface area (Å²) < 4.78 is 5.65. The van der Waals surface area contributed by atoms with Gasteiger partial charge in [0.05, 0.1) is 0 Å². The van der Waals surface area contributed by atoms with E-state index in [9.17, 15) is 4.79 Å².